The molecule has 0 unspecified atom stereocenters. The highest BCUT2D eigenvalue weighted by molar-refractivity contribution is 5.00. The summed E-state index contributed by atoms with van der Waals surface area (Å²) in [6.45, 7) is 2.83. The van der Waals surface area contributed by atoms with Gasteiger partial charge in [0.25, 0.3) is 0 Å². The Bertz CT molecular complexity index is 225. The van der Waals surface area contributed by atoms with Crippen molar-refractivity contribution in [3.63, 3.8) is 0 Å². The zero-order valence-corrected chi connectivity index (χ0v) is 5.99. The van der Waals surface area contributed by atoms with E-state index >= 15 is 0 Å². The molecule has 1 aliphatic rings. The van der Waals surface area contributed by atoms with Gasteiger partial charge in [-0.2, -0.15) is 4.80 Å². The monoisotopic (exact) mass is 138 g/mol. The predicted molar refractivity (Wildman–Crippen MR) is 35.5 cm³/mol. The summed E-state index contributed by atoms with van der Waals surface area (Å²) < 4.78 is 0. The molecule has 54 valence electrons. The lowest BCUT2D eigenvalue weighted by molar-refractivity contribution is 0.550. The maximum atomic E-state index is 4.19. The molecule has 1 aromatic heterocycles. The molecule has 0 saturated heterocycles. The first-order valence-electron chi connectivity index (χ1n) is 3.68. The maximum absolute atomic E-state index is 4.19. The van der Waals surface area contributed by atoms with Gasteiger partial charge in [-0.15, -0.1) is 10.2 Å². The van der Waals surface area contributed by atoms with Crippen molar-refractivity contribution < 1.29 is 0 Å². The van der Waals surface area contributed by atoms with E-state index in [0.717, 1.165) is 12.4 Å². The van der Waals surface area contributed by atoms with Gasteiger partial charge in [0.05, 0.1) is 6.54 Å². The van der Waals surface area contributed by atoms with E-state index in [1.165, 1.54) is 12.8 Å². The highest BCUT2D eigenvalue weighted by Gasteiger charge is 2.27. The molecule has 0 N–H and O–H groups in total. The fourth-order valence-corrected chi connectivity index (χ4v) is 0.894. The zero-order chi connectivity index (χ0) is 6.97. The molecule has 0 aromatic carbocycles. The Morgan fingerprint density at radius 2 is 2.40 bits per heavy atom. The van der Waals surface area contributed by atoms with Crippen molar-refractivity contribution in [2.45, 2.75) is 32.2 Å². The number of hydrogen-bond acceptors (Lipinski definition) is 3. The summed E-state index contributed by atoms with van der Waals surface area (Å²) >= 11 is 0. The molecule has 0 radical (unpaired) electrons. The van der Waals surface area contributed by atoms with Crippen molar-refractivity contribution in [2.24, 2.45) is 0 Å². The third kappa shape index (κ3) is 0.894. The topological polar surface area (TPSA) is 43.6 Å². The average molecular weight is 138 g/mol. The van der Waals surface area contributed by atoms with Crippen LogP contribution >= 0.6 is 0 Å². The van der Waals surface area contributed by atoms with E-state index in [2.05, 4.69) is 15.4 Å². The van der Waals surface area contributed by atoms with Gasteiger partial charge in [-0.05, 0) is 25.0 Å². The normalized spacial score (nSPS) is 17.7. The van der Waals surface area contributed by atoms with E-state index in [0.29, 0.717) is 5.92 Å². The summed E-state index contributed by atoms with van der Waals surface area (Å²) in [5.41, 5.74) is 0. The third-order valence-electron chi connectivity index (χ3n) is 1.69. The molecule has 2 rings (SSSR count). The fraction of sp³-hybridized carbons (Fsp3) is 0.833. The van der Waals surface area contributed by atoms with Gasteiger partial charge in [0.15, 0.2) is 5.82 Å². The minimum atomic E-state index is 0.625. The van der Waals surface area contributed by atoms with Gasteiger partial charge in [0.2, 0.25) is 0 Å². The Kier molecular flexibility index (Phi) is 1.19. The molecule has 0 amide bonds. The minimum absolute atomic E-state index is 0.625. The van der Waals surface area contributed by atoms with Gasteiger partial charge < -0.3 is 0 Å². The van der Waals surface area contributed by atoms with Crippen LogP contribution in [0.15, 0.2) is 0 Å². The molecule has 1 aliphatic carbocycles. The summed E-state index contributed by atoms with van der Waals surface area (Å²) in [4.78, 5) is 1.63. The van der Waals surface area contributed by atoms with Crippen LogP contribution in [-0.4, -0.2) is 20.2 Å². The zero-order valence-electron chi connectivity index (χ0n) is 5.99. The largest absolute Gasteiger partial charge is 0.177 e. The molecule has 1 saturated carbocycles. The van der Waals surface area contributed by atoms with Crippen molar-refractivity contribution in [3.05, 3.63) is 5.82 Å². The van der Waals surface area contributed by atoms with E-state index in [4.69, 9.17) is 0 Å². The van der Waals surface area contributed by atoms with Gasteiger partial charge >= 0.3 is 0 Å². The van der Waals surface area contributed by atoms with Gasteiger partial charge in [-0.3, -0.25) is 0 Å². The molecular weight excluding hydrogens is 128 g/mol. The Labute approximate surface area is 59.2 Å². The van der Waals surface area contributed by atoms with Gasteiger partial charge in [0.1, 0.15) is 0 Å². The number of tetrazole rings is 1. The number of nitrogens with zero attached hydrogens (tertiary/aromatic N) is 4. The van der Waals surface area contributed by atoms with Crippen LogP contribution in [0.4, 0.5) is 0 Å². The number of rotatable bonds is 2. The van der Waals surface area contributed by atoms with Gasteiger partial charge in [-0.1, -0.05) is 0 Å². The first-order valence-corrected chi connectivity index (χ1v) is 3.68. The minimum Gasteiger partial charge on any atom is -0.164 e. The van der Waals surface area contributed by atoms with Crippen LogP contribution in [0.25, 0.3) is 0 Å². The van der Waals surface area contributed by atoms with Crippen LogP contribution in [0.2, 0.25) is 0 Å². The molecular formula is C6H10N4. The van der Waals surface area contributed by atoms with E-state index in [1.807, 2.05) is 6.92 Å². The van der Waals surface area contributed by atoms with Gasteiger partial charge in [-0.25, -0.2) is 0 Å². The predicted octanol–water partition coefficient (Wildman–Crippen LogP) is 0.570. The van der Waals surface area contributed by atoms with Crippen molar-refractivity contribution in [3.8, 4) is 0 Å². The lowest BCUT2D eigenvalue weighted by Crippen LogP contribution is -1.98. The number of hydrogen-bond donors (Lipinski definition) is 0. The average Bonchev–Trinajstić information content (AvgIpc) is 2.70. The Morgan fingerprint density at radius 3 is 2.90 bits per heavy atom. The fourth-order valence-electron chi connectivity index (χ4n) is 0.894. The van der Waals surface area contributed by atoms with Crippen LogP contribution in [0.3, 0.4) is 0 Å². The second-order valence-electron chi connectivity index (χ2n) is 2.61. The van der Waals surface area contributed by atoms with Crippen molar-refractivity contribution in [2.75, 3.05) is 0 Å². The molecule has 0 aliphatic heterocycles. The van der Waals surface area contributed by atoms with Crippen LogP contribution in [0, 0.1) is 0 Å². The van der Waals surface area contributed by atoms with Gasteiger partial charge in [0, 0.05) is 5.92 Å². The maximum Gasteiger partial charge on any atom is 0.177 e. The molecule has 0 spiro atoms. The molecule has 0 atom stereocenters. The second kappa shape index (κ2) is 2.04. The molecule has 1 heterocycles. The Morgan fingerprint density at radius 1 is 1.60 bits per heavy atom. The molecule has 10 heavy (non-hydrogen) atoms. The highest BCUT2D eigenvalue weighted by atomic mass is 15.6. The summed E-state index contributed by atoms with van der Waals surface area (Å²) in [5, 5.41) is 12.0. The Hall–Kier alpha value is -0.930. The summed E-state index contributed by atoms with van der Waals surface area (Å²) in [7, 11) is 0. The number of aryl methyl sites for hydroxylation is 1. The smallest absolute Gasteiger partial charge is 0.164 e. The first-order chi connectivity index (χ1) is 4.90. The van der Waals surface area contributed by atoms with Crippen molar-refractivity contribution in [1.82, 2.24) is 20.2 Å². The summed E-state index contributed by atoms with van der Waals surface area (Å²) in [6, 6.07) is 0. The lowest BCUT2D eigenvalue weighted by atomic mass is 10.4. The third-order valence-corrected chi connectivity index (χ3v) is 1.69. The molecule has 4 heteroatoms. The standard InChI is InChI=1S/C6H10N4/c1-2-10-8-6(7-9-10)5-3-4-5/h5H,2-4H2,1H3. The molecule has 0 bridgehead atoms. The Balaban J connectivity index is 2.19. The van der Waals surface area contributed by atoms with E-state index in [-0.39, 0.29) is 0 Å². The lowest BCUT2D eigenvalue weighted by Gasteiger charge is -1.85. The number of aromatic nitrogens is 4. The second-order valence-corrected chi connectivity index (χ2v) is 2.61. The summed E-state index contributed by atoms with van der Waals surface area (Å²) in [6.07, 6.45) is 2.49. The van der Waals surface area contributed by atoms with Crippen LogP contribution < -0.4 is 0 Å². The summed E-state index contributed by atoms with van der Waals surface area (Å²) in [5.74, 6) is 1.56. The quantitative estimate of drug-likeness (QED) is 0.600. The van der Waals surface area contributed by atoms with Crippen LogP contribution in [0.1, 0.15) is 31.5 Å². The van der Waals surface area contributed by atoms with E-state index in [1.54, 1.807) is 4.80 Å². The molecule has 1 fully saturated rings. The SMILES string of the molecule is CCn1nnc(C2CC2)n1. The van der Waals surface area contributed by atoms with Crippen LogP contribution in [-0.2, 0) is 6.54 Å². The molecule has 1 aromatic rings. The molecule has 4 nitrogen and oxygen atoms in total. The van der Waals surface area contributed by atoms with E-state index in [9.17, 15) is 0 Å². The van der Waals surface area contributed by atoms with Crippen LogP contribution in [0.5, 0.6) is 0 Å². The first kappa shape index (κ1) is 5.82. The van der Waals surface area contributed by atoms with E-state index < -0.39 is 0 Å². The van der Waals surface area contributed by atoms with Crippen molar-refractivity contribution >= 4 is 0 Å². The van der Waals surface area contributed by atoms with Crippen molar-refractivity contribution in [1.29, 1.82) is 0 Å². The highest BCUT2D eigenvalue weighted by Crippen LogP contribution is 2.37.